The van der Waals surface area contributed by atoms with E-state index in [9.17, 15) is 13.6 Å². The first kappa shape index (κ1) is 15.8. The molecular formula is C15H21F2NO. The summed E-state index contributed by atoms with van der Waals surface area (Å²) >= 11 is 0. The van der Waals surface area contributed by atoms with E-state index in [0.717, 1.165) is 12.1 Å². The molecule has 0 radical (unpaired) electrons. The minimum absolute atomic E-state index is 0.0463. The molecule has 0 aliphatic rings. The molecule has 0 fully saturated rings. The fourth-order valence-corrected chi connectivity index (χ4v) is 2.00. The van der Waals surface area contributed by atoms with Crippen LogP contribution in [0.25, 0.3) is 0 Å². The highest BCUT2D eigenvalue weighted by Crippen LogP contribution is 2.18. The number of likely N-dealkylation sites (N-methyl/N-ethyl adjacent to an activating group) is 1. The molecule has 1 unspecified atom stereocenters. The lowest BCUT2D eigenvalue weighted by Crippen LogP contribution is -2.41. The number of rotatable bonds is 4. The van der Waals surface area contributed by atoms with Crippen LogP contribution in [-0.2, 0) is 0 Å². The molecule has 2 nitrogen and oxygen atoms in total. The quantitative estimate of drug-likeness (QED) is 0.780. The van der Waals surface area contributed by atoms with Gasteiger partial charge in [0.2, 0.25) is 0 Å². The van der Waals surface area contributed by atoms with E-state index in [0.29, 0.717) is 6.54 Å². The highest BCUT2D eigenvalue weighted by molar-refractivity contribution is 6.00. The summed E-state index contributed by atoms with van der Waals surface area (Å²) in [6.07, 6.45) is 0. The van der Waals surface area contributed by atoms with Gasteiger partial charge in [-0.25, -0.2) is 8.78 Å². The van der Waals surface area contributed by atoms with Gasteiger partial charge in [0.15, 0.2) is 5.78 Å². The van der Waals surface area contributed by atoms with Crippen LogP contribution in [0.3, 0.4) is 0 Å². The van der Waals surface area contributed by atoms with Gasteiger partial charge < -0.3 is 0 Å². The minimum Gasteiger partial charge on any atom is -0.296 e. The zero-order chi connectivity index (χ0) is 14.8. The standard InChI is InChI=1S/C15H21F2NO/c1-10(18(5)9-15(2,3)4)14(19)12-7-6-11(16)8-13(12)17/h6-8,10H,9H2,1-5H3. The number of carbonyl (C=O) groups excluding carboxylic acids is 1. The first-order chi connectivity index (χ1) is 8.61. The summed E-state index contributed by atoms with van der Waals surface area (Å²) in [5, 5.41) is 0. The third-order valence-corrected chi connectivity index (χ3v) is 2.96. The number of hydrogen-bond acceptors (Lipinski definition) is 2. The molecule has 0 aliphatic carbocycles. The second-order valence-electron chi connectivity index (χ2n) is 6.14. The minimum atomic E-state index is -0.805. The molecule has 0 bridgehead atoms. The van der Waals surface area contributed by atoms with Crippen LogP contribution in [0.2, 0.25) is 0 Å². The zero-order valence-corrected chi connectivity index (χ0v) is 12.1. The smallest absolute Gasteiger partial charge is 0.182 e. The van der Waals surface area contributed by atoms with Gasteiger partial charge >= 0.3 is 0 Å². The van der Waals surface area contributed by atoms with E-state index in [1.807, 2.05) is 11.9 Å². The Balaban J connectivity index is 2.87. The number of hydrogen-bond donors (Lipinski definition) is 0. The lowest BCUT2D eigenvalue weighted by molar-refractivity contribution is 0.0827. The van der Waals surface area contributed by atoms with Crippen LogP contribution < -0.4 is 0 Å². The Morgan fingerprint density at radius 1 is 1.32 bits per heavy atom. The van der Waals surface area contributed by atoms with Crippen LogP contribution in [0.15, 0.2) is 18.2 Å². The van der Waals surface area contributed by atoms with Gasteiger partial charge in [0.05, 0.1) is 11.6 Å². The van der Waals surface area contributed by atoms with Crippen molar-refractivity contribution in [1.82, 2.24) is 4.90 Å². The van der Waals surface area contributed by atoms with Crippen molar-refractivity contribution in [1.29, 1.82) is 0 Å². The van der Waals surface area contributed by atoms with Crippen LogP contribution in [0.5, 0.6) is 0 Å². The molecule has 4 heteroatoms. The molecule has 0 aliphatic heterocycles. The topological polar surface area (TPSA) is 20.3 Å². The normalized spacial score (nSPS) is 13.7. The second kappa shape index (κ2) is 5.78. The van der Waals surface area contributed by atoms with Crippen molar-refractivity contribution in [3.8, 4) is 0 Å². The fraction of sp³-hybridized carbons (Fsp3) is 0.533. The average Bonchev–Trinajstić information content (AvgIpc) is 2.24. The molecule has 106 valence electrons. The number of nitrogens with zero attached hydrogens (tertiary/aromatic N) is 1. The van der Waals surface area contributed by atoms with Gasteiger partial charge in [-0.05, 0) is 31.5 Å². The Morgan fingerprint density at radius 2 is 1.89 bits per heavy atom. The van der Waals surface area contributed by atoms with Crippen LogP contribution >= 0.6 is 0 Å². The van der Waals surface area contributed by atoms with Crippen molar-refractivity contribution in [2.24, 2.45) is 5.41 Å². The van der Waals surface area contributed by atoms with Crippen molar-refractivity contribution in [2.45, 2.75) is 33.7 Å². The molecule has 0 saturated carbocycles. The summed E-state index contributed by atoms with van der Waals surface area (Å²) in [5.41, 5.74) is -0.0142. The number of halogens is 2. The van der Waals surface area contributed by atoms with Crippen LogP contribution in [0.4, 0.5) is 8.78 Å². The largest absolute Gasteiger partial charge is 0.296 e. The number of carbonyl (C=O) groups is 1. The Bertz CT molecular complexity index is 466. The van der Waals surface area contributed by atoms with Gasteiger partial charge in [-0.1, -0.05) is 20.8 Å². The van der Waals surface area contributed by atoms with Crippen LogP contribution in [-0.4, -0.2) is 30.3 Å². The van der Waals surface area contributed by atoms with Gasteiger partial charge in [0.25, 0.3) is 0 Å². The predicted octanol–water partition coefficient (Wildman–Crippen LogP) is 3.51. The lowest BCUT2D eigenvalue weighted by atomic mass is 9.94. The monoisotopic (exact) mass is 269 g/mol. The molecule has 1 rings (SSSR count). The first-order valence-corrected chi connectivity index (χ1v) is 6.31. The fourth-order valence-electron chi connectivity index (χ4n) is 2.00. The third kappa shape index (κ3) is 4.39. The van der Waals surface area contributed by atoms with E-state index in [4.69, 9.17) is 0 Å². The third-order valence-electron chi connectivity index (χ3n) is 2.96. The number of Topliss-reactive ketones (excluding diaryl/α,β-unsaturated/α-hetero) is 1. The van der Waals surface area contributed by atoms with Gasteiger partial charge in [-0.15, -0.1) is 0 Å². The summed E-state index contributed by atoms with van der Waals surface area (Å²) in [5.74, 6) is -1.81. The van der Waals surface area contributed by atoms with Crippen molar-refractivity contribution < 1.29 is 13.6 Å². The summed E-state index contributed by atoms with van der Waals surface area (Å²) < 4.78 is 26.4. The maximum Gasteiger partial charge on any atom is 0.182 e. The van der Waals surface area contributed by atoms with E-state index in [1.54, 1.807) is 6.92 Å². The summed E-state index contributed by atoms with van der Waals surface area (Å²) in [6.45, 7) is 8.65. The molecule has 0 aromatic heterocycles. The molecule has 0 heterocycles. The molecule has 1 atom stereocenters. The predicted molar refractivity (Wildman–Crippen MR) is 72.2 cm³/mol. The number of benzene rings is 1. The van der Waals surface area contributed by atoms with Gasteiger partial charge in [-0.2, -0.15) is 0 Å². The molecule has 0 amide bonds. The van der Waals surface area contributed by atoms with Crippen molar-refractivity contribution in [2.75, 3.05) is 13.6 Å². The van der Waals surface area contributed by atoms with E-state index in [2.05, 4.69) is 20.8 Å². The summed E-state index contributed by atoms with van der Waals surface area (Å²) in [7, 11) is 1.83. The number of ketones is 1. The average molecular weight is 269 g/mol. The van der Waals surface area contributed by atoms with Gasteiger partial charge in [0, 0.05) is 12.6 Å². The van der Waals surface area contributed by atoms with Crippen molar-refractivity contribution in [3.05, 3.63) is 35.4 Å². The molecule has 19 heavy (non-hydrogen) atoms. The summed E-state index contributed by atoms with van der Waals surface area (Å²) in [4.78, 5) is 14.1. The highest BCUT2D eigenvalue weighted by atomic mass is 19.1. The first-order valence-electron chi connectivity index (χ1n) is 6.31. The summed E-state index contributed by atoms with van der Waals surface area (Å²) in [6, 6.07) is 2.60. The highest BCUT2D eigenvalue weighted by Gasteiger charge is 2.25. The zero-order valence-electron chi connectivity index (χ0n) is 12.1. The van der Waals surface area contributed by atoms with Gasteiger partial charge in [-0.3, -0.25) is 9.69 Å². The lowest BCUT2D eigenvalue weighted by Gasteiger charge is -2.30. The van der Waals surface area contributed by atoms with E-state index in [-0.39, 0.29) is 16.8 Å². The van der Waals surface area contributed by atoms with Crippen molar-refractivity contribution in [3.63, 3.8) is 0 Å². The van der Waals surface area contributed by atoms with E-state index < -0.39 is 17.7 Å². The molecule has 1 aromatic rings. The SMILES string of the molecule is CC(C(=O)c1ccc(F)cc1F)N(C)CC(C)(C)C. The Labute approximate surface area is 113 Å². The molecule has 0 saturated heterocycles. The maximum absolute atomic E-state index is 13.6. The van der Waals surface area contributed by atoms with E-state index in [1.165, 1.54) is 6.07 Å². The van der Waals surface area contributed by atoms with Crippen LogP contribution in [0.1, 0.15) is 38.1 Å². The molecule has 1 aromatic carbocycles. The molecular weight excluding hydrogens is 248 g/mol. The molecule has 0 spiro atoms. The molecule has 0 N–H and O–H groups in total. The Hall–Kier alpha value is -1.29. The van der Waals surface area contributed by atoms with E-state index >= 15 is 0 Å². The maximum atomic E-state index is 13.6. The van der Waals surface area contributed by atoms with Crippen molar-refractivity contribution >= 4 is 5.78 Å². The van der Waals surface area contributed by atoms with Crippen LogP contribution in [0, 0.1) is 17.0 Å². The van der Waals surface area contributed by atoms with Gasteiger partial charge in [0.1, 0.15) is 11.6 Å². The Morgan fingerprint density at radius 3 is 2.37 bits per heavy atom. The second-order valence-corrected chi connectivity index (χ2v) is 6.14. The Kier molecular flexibility index (Phi) is 4.80.